The van der Waals surface area contributed by atoms with Crippen LogP contribution in [0.15, 0.2) is 0 Å². The van der Waals surface area contributed by atoms with Crippen molar-refractivity contribution in [2.75, 3.05) is 13.1 Å². The molecule has 0 saturated carbocycles. The summed E-state index contributed by atoms with van der Waals surface area (Å²) >= 11 is 0.993. The van der Waals surface area contributed by atoms with Crippen LogP contribution in [0.1, 0.15) is 28.7 Å². The van der Waals surface area contributed by atoms with Gasteiger partial charge in [-0.2, -0.15) is 12.7 Å². The van der Waals surface area contributed by atoms with Gasteiger partial charge in [0.25, 0.3) is 5.91 Å². The number of aryl methyl sites for hydroxylation is 1. The maximum absolute atomic E-state index is 12.8. The van der Waals surface area contributed by atoms with Gasteiger partial charge in [-0.3, -0.25) is 4.79 Å². The first-order valence-electron chi connectivity index (χ1n) is 5.73. The van der Waals surface area contributed by atoms with Crippen LogP contribution < -0.4 is 5.32 Å². The van der Waals surface area contributed by atoms with E-state index >= 15 is 0 Å². The summed E-state index contributed by atoms with van der Waals surface area (Å²) in [6.07, 6.45) is 0.984. The van der Waals surface area contributed by atoms with Crippen LogP contribution in [0.3, 0.4) is 0 Å². The highest BCUT2D eigenvalue weighted by molar-refractivity contribution is 7.83. The minimum Gasteiger partial charge on any atom is -0.347 e. The molecule has 1 atom stereocenters. The summed E-state index contributed by atoms with van der Waals surface area (Å²) in [5.41, 5.74) is 0.607. The molecule has 19 heavy (non-hydrogen) atoms. The topological polar surface area (TPSA) is 92.3 Å². The molecule has 0 bridgehead atoms. The minimum atomic E-state index is -4.68. The van der Waals surface area contributed by atoms with Crippen LogP contribution >= 0.6 is 11.5 Å². The van der Waals surface area contributed by atoms with Gasteiger partial charge in [0, 0.05) is 19.1 Å². The van der Waals surface area contributed by atoms with Crippen LogP contribution in [-0.2, 0) is 16.8 Å². The minimum absolute atomic E-state index is 0.0434. The maximum Gasteiger partial charge on any atom is 0.374 e. The summed E-state index contributed by atoms with van der Waals surface area (Å²) in [5.74, 6) is -0.338. The van der Waals surface area contributed by atoms with Crippen LogP contribution in [-0.4, -0.2) is 47.3 Å². The zero-order chi connectivity index (χ0) is 14.0. The van der Waals surface area contributed by atoms with E-state index in [1.165, 1.54) is 0 Å². The molecule has 0 aliphatic carbocycles. The van der Waals surface area contributed by atoms with Crippen molar-refractivity contribution < 1.29 is 17.1 Å². The summed E-state index contributed by atoms with van der Waals surface area (Å²) in [5, 5.41) is 6.50. The van der Waals surface area contributed by atoms with Gasteiger partial charge >= 0.3 is 10.4 Å². The monoisotopic (exact) mass is 308 g/mol. The molecule has 1 saturated heterocycles. The highest BCUT2D eigenvalue weighted by Gasteiger charge is 2.32. The Morgan fingerprint density at radius 1 is 1.63 bits per heavy atom. The first-order chi connectivity index (χ1) is 8.91. The molecule has 1 unspecified atom stereocenters. The number of hydrogen-bond acceptors (Lipinski definition) is 6. The Morgan fingerprint density at radius 3 is 2.95 bits per heavy atom. The van der Waals surface area contributed by atoms with E-state index in [9.17, 15) is 17.1 Å². The largest absolute Gasteiger partial charge is 0.374 e. The number of hydrogen-bond donors (Lipinski definition) is 1. The average Bonchev–Trinajstić information content (AvgIpc) is 2.95. The van der Waals surface area contributed by atoms with E-state index in [-0.39, 0.29) is 25.0 Å². The van der Waals surface area contributed by atoms with Crippen molar-refractivity contribution >= 4 is 27.8 Å². The Kier molecular flexibility index (Phi) is 4.11. The smallest absolute Gasteiger partial charge is 0.347 e. The number of rotatable bonds is 4. The molecule has 1 N–H and O–H groups in total. The lowest BCUT2D eigenvalue weighted by atomic mass is 10.2. The lowest BCUT2D eigenvalue weighted by Crippen LogP contribution is -2.37. The van der Waals surface area contributed by atoms with Crippen molar-refractivity contribution in [3.05, 3.63) is 10.6 Å². The van der Waals surface area contributed by atoms with Gasteiger partial charge in [-0.25, -0.2) is 0 Å². The van der Waals surface area contributed by atoms with Gasteiger partial charge in [-0.15, -0.1) is 5.10 Å². The van der Waals surface area contributed by atoms with Gasteiger partial charge in [0.1, 0.15) is 4.88 Å². The number of halogens is 1. The van der Waals surface area contributed by atoms with Gasteiger partial charge < -0.3 is 5.32 Å². The Bertz CT molecular complexity index is 574. The number of carbonyl (C=O) groups is 1. The molecule has 1 aromatic heterocycles. The molecule has 1 fully saturated rings. The molecule has 0 aromatic carbocycles. The Balaban J connectivity index is 1.98. The molecular weight excluding hydrogens is 295 g/mol. The van der Waals surface area contributed by atoms with Crippen LogP contribution in [0.2, 0.25) is 0 Å². The summed E-state index contributed by atoms with van der Waals surface area (Å²) in [6, 6.07) is -0.384. The highest BCUT2D eigenvalue weighted by Crippen LogP contribution is 2.16. The molecular formula is C9H13FN4O3S2. The lowest BCUT2D eigenvalue weighted by molar-refractivity contribution is 0.0942. The van der Waals surface area contributed by atoms with E-state index in [2.05, 4.69) is 14.9 Å². The van der Waals surface area contributed by atoms with Gasteiger partial charge in [-0.05, 0) is 24.4 Å². The molecule has 0 radical (unpaired) electrons. The fraction of sp³-hybridized carbons (Fsp3) is 0.667. The van der Waals surface area contributed by atoms with E-state index in [4.69, 9.17) is 0 Å². The molecule has 1 aliphatic rings. The quantitative estimate of drug-likeness (QED) is 0.798. The number of nitrogens with zero attached hydrogens (tertiary/aromatic N) is 3. The molecule has 1 aromatic rings. The summed E-state index contributed by atoms with van der Waals surface area (Å²) in [4.78, 5) is 12.4. The molecule has 1 amide bonds. The third kappa shape index (κ3) is 3.25. The summed E-state index contributed by atoms with van der Waals surface area (Å²) < 4.78 is 38.6. The highest BCUT2D eigenvalue weighted by atomic mass is 32.3. The summed E-state index contributed by atoms with van der Waals surface area (Å²) in [7, 11) is -4.68. The van der Waals surface area contributed by atoms with Crippen molar-refractivity contribution in [1.82, 2.24) is 19.2 Å². The van der Waals surface area contributed by atoms with Crippen molar-refractivity contribution in [1.29, 1.82) is 0 Å². The van der Waals surface area contributed by atoms with Crippen LogP contribution in [0.4, 0.5) is 3.89 Å². The van der Waals surface area contributed by atoms with Crippen molar-refractivity contribution in [2.24, 2.45) is 0 Å². The standard InChI is InChI=1S/C9H13FN4O3S2/c1-2-7-8(18-13-12-7)9(15)11-6-3-4-14(5-6)19(10,16)17/h6H,2-5H2,1H3,(H,11,15). The third-order valence-electron chi connectivity index (χ3n) is 2.89. The second-order valence-corrected chi connectivity index (χ2v) is 6.26. The number of carbonyl (C=O) groups excluding carboxylic acids is 1. The van der Waals surface area contributed by atoms with Crippen LogP contribution in [0.5, 0.6) is 0 Å². The SMILES string of the molecule is CCc1nnsc1C(=O)NC1CCN(S(=O)(=O)F)C1. The van der Waals surface area contributed by atoms with Gasteiger partial charge in [0.15, 0.2) is 0 Å². The van der Waals surface area contributed by atoms with Crippen molar-refractivity contribution in [3.63, 3.8) is 0 Å². The van der Waals surface area contributed by atoms with E-state index in [1.807, 2.05) is 6.92 Å². The number of nitrogens with one attached hydrogen (secondary N) is 1. The van der Waals surface area contributed by atoms with Crippen molar-refractivity contribution in [2.45, 2.75) is 25.8 Å². The van der Waals surface area contributed by atoms with E-state index in [0.29, 0.717) is 27.7 Å². The molecule has 0 spiro atoms. The molecule has 1 aliphatic heterocycles. The maximum atomic E-state index is 12.8. The zero-order valence-corrected chi connectivity index (χ0v) is 11.8. The normalized spacial score (nSPS) is 20.6. The second-order valence-electron chi connectivity index (χ2n) is 4.16. The van der Waals surface area contributed by atoms with Gasteiger partial charge in [0.05, 0.1) is 5.69 Å². The lowest BCUT2D eigenvalue weighted by Gasteiger charge is -2.12. The third-order valence-corrected chi connectivity index (χ3v) is 4.61. The fourth-order valence-corrected chi connectivity index (χ4v) is 3.24. The number of aromatic nitrogens is 2. The molecule has 2 rings (SSSR count). The predicted octanol–water partition coefficient (Wildman–Crippen LogP) is 0.119. The predicted molar refractivity (Wildman–Crippen MR) is 66.8 cm³/mol. The fourth-order valence-electron chi connectivity index (χ4n) is 1.91. The zero-order valence-electron chi connectivity index (χ0n) is 10.2. The van der Waals surface area contributed by atoms with Crippen molar-refractivity contribution in [3.8, 4) is 0 Å². The molecule has 2 heterocycles. The van der Waals surface area contributed by atoms with Crippen LogP contribution in [0, 0.1) is 0 Å². The average molecular weight is 308 g/mol. The Hall–Kier alpha value is -1.13. The van der Waals surface area contributed by atoms with E-state index < -0.39 is 10.4 Å². The second kappa shape index (κ2) is 5.47. The molecule has 7 nitrogen and oxygen atoms in total. The van der Waals surface area contributed by atoms with Crippen LogP contribution in [0.25, 0.3) is 0 Å². The Morgan fingerprint density at radius 2 is 2.37 bits per heavy atom. The molecule has 106 valence electrons. The first kappa shape index (κ1) is 14.3. The van der Waals surface area contributed by atoms with E-state index in [0.717, 1.165) is 11.5 Å². The summed E-state index contributed by atoms with van der Waals surface area (Å²) in [6.45, 7) is 1.89. The molecule has 10 heteroatoms. The van der Waals surface area contributed by atoms with E-state index in [1.54, 1.807) is 0 Å². The van der Waals surface area contributed by atoms with Gasteiger partial charge in [0.2, 0.25) is 0 Å². The number of amides is 1. The Labute approximate surface area is 114 Å². The first-order valence-corrected chi connectivity index (χ1v) is 7.85. The van der Waals surface area contributed by atoms with Gasteiger partial charge in [-0.1, -0.05) is 15.3 Å².